The fourth-order valence-electron chi connectivity index (χ4n) is 2.40. The van der Waals surface area contributed by atoms with Crippen LogP contribution in [0.25, 0.3) is 0 Å². The molecule has 0 spiro atoms. The molecule has 0 aliphatic heterocycles. The van der Waals surface area contributed by atoms with Gasteiger partial charge >= 0.3 is 11.9 Å². The molecule has 8 nitrogen and oxygen atoms in total. The first-order valence-corrected chi connectivity index (χ1v) is 10.8. The number of esters is 1. The molecule has 2 rings (SSSR count). The number of hydrogen-bond acceptors (Lipinski definition) is 5. The lowest BCUT2D eigenvalue weighted by atomic mass is 10.2. The highest BCUT2D eigenvalue weighted by atomic mass is 79.9. The zero-order chi connectivity index (χ0) is 24.1. The van der Waals surface area contributed by atoms with Crippen LogP contribution in [0.3, 0.4) is 0 Å². The quantitative estimate of drug-likeness (QED) is 0.356. The Morgan fingerprint density at radius 3 is 2.12 bits per heavy atom. The Kier molecular flexibility index (Phi) is 11.6. The Hall–Kier alpha value is -3.27. The third-order valence-corrected chi connectivity index (χ3v) is 4.31. The molecule has 2 amide bonds. The minimum atomic E-state index is -1.36. The zero-order valence-corrected chi connectivity index (χ0v) is 19.2. The zero-order valence-electron chi connectivity index (χ0n) is 17.6. The molecule has 172 valence electrons. The highest BCUT2D eigenvalue weighted by Gasteiger charge is 2.15. The van der Waals surface area contributed by atoms with Crippen LogP contribution in [0.5, 0.6) is 0 Å². The maximum absolute atomic E-state index is 13.5. The smallest absolute Gasteiger partial charge is 0.340 e. The molecular formula is C22H24BrFN2O6. The highest BCUT2D eigenvalue weighted by molar-refractivity contribution is 9.09. The molecule has 0 aromatic heterocycles. The molecular weight excluding hydrogens is 487 g/mol. The van der Waals surface area contributed by atoms with Gasteiger partial charge in [0.15, 0.2) is 5.82 Å². The van der Waals surface area contributed by atoms with Crippen molar-refractivity contribution in [3.05, 3.63) is 59.4 Å². The highest BCUT2D eigenvalue weighted by Crippen LogP contribution is 2.18. The maximum Gasteiger partial charge on any atom is 0.340 e. The molecule has 3 N–H and O–H groups in total. The number of hydrogen-bond donors (Lipinski definition) is 3. The summed E-state index contributed by atoms with van der Waals surface area (Å²) in [6, 6.07) is 10.6. The van der Waals surface area contributed by atoms with Crippen molar-refractivity contribution in [1.29, 1.82) is 0 Å². The fraction of sp³-hybridized carbons (Fsp3) is 0.273. The first-order chi connectivity index (χ1) is 15.2. The van der Waals surface area contributed by atoms with Crippen LogP contribution in [0, 0.1) is 5.82 Å². The number of halogens is 2. The van der Waals surface area contributed by atoms with Gasteiger partial charge in [-0.25, -0.2) is 14.0 Å². The number of nitrogens with one attached hydrogen (secondary N) is 2. The van der Waals surface area contributed by atoms with Gasteiger partial charge in [0.25, 0.3) is 0 Å². The first kappa shape index (κ1) is 26.8. The van der Waals surface area contributed by atoms with Crippen molar-refractivity contribution in [3.63, 3.8) is 0 Å². The summed E-state index contributed by atoms with van der Waals surface area (Å²) in [5, 5.41) is 13.8. The predicted octanol–water partition coefficient (Wildman–Crippen LogP) is 4.46. The van der Waals surface area contributed by atoms with E-state index >= 15 is 0 Å². The van der Waals surface area contributed by atoms with E-state index in [-0.39, 0.29) is 29.3 Å². The average molecular weight is 511 g/mol. The van der Waals surface area contributed by atoms with Crippen LogP contribution >= 0.6 is 15.9 Å². The van der Waals surface area contributed by atoms with E-state index in [9.17, 15) is 23.6 Å². The second-order valence-electron chi connectivity index (χ2n) is 6.22. The normalized spacial score (nSPS) is 9.75. The van der Waals surface area contributed by atoms with Crippen molar-refractivity contribution in [2.45, 2.75) is 26.7 Å². The maximum atomic E-state index is 13.5. The Labute approximate surface area is 193 Å². The lowest BCUT2D eigenvalue weighted by Gasteiger charge is -2.08. The third kappa shape index (κ3) is 8.46. The molecule has 0 radical (unpaired) electrons. The van der Waals surface area contributed by atoms with Gasteiger partial charge in [0.2, 0.25) is 11.8 Å². The number of carboxylic acid groups (broad SMARTS) is 1. The fourth-order valence-corrected chi connectivity index (χ4v) is 2.54. The van der Waals surface area contributed by atoms with Gasteiger partial charge in [-0.15, -0.1) is 0 Å². The second kappa shape index (κ2) is 13.9. The van der Waals surface area contributed by atoms with Gasteiger partial charge in [-0.2, -0.15) is 0 Å². The molecule has 0 saturated carbocycles. The van der Waals surface area contributed by atoms with Crippen molar-refractivity contribution in [3.8, 4) is 0 Å². The van der Waals surface area contributed by atoms with Gasteiger partial charge in [-0.3, -0.25) is 9.59 Å². The van der Waals surface area contributed by atoms with E-state index in [0.717, 1.165) is 6.07 Å². The van der Waals surface area contributed by atoms with Gasteiger partial charge in [-0.1, -0.05) is 41.1 Å². The number of carbonyl (C=O) groups excluding carboxylic acids is 3. The van der Waals surface area contributed by atoms with Crippen molar-refractivity contribution >= 4 is 51.1 Å². The second-order valence-corrected chi connectivity index (χ2v) is 6.78. The predicted molar refractivity (Wildman–Crippen MR) is 122 cm³/mol. The van der Waals surface area contributed by atoms with Crippen molar-refractivity contribution in [2.75, 3.05) is 22.6 Å². The van der Waals surface area contributed by atoms with E-state index < -0.39 is 23.3 Å². The largest absolute Gasteiger partial charge is 0.478 e. The summed E-state index contributed by atoms with van der Waals surface area (Å²) in [5.41, 5.74) is 0.275. The molecule has 2 aromatic rings. The van der Waals surface area contributed by atoms with Gasteiger partial charge < -0.3 is 20.5 Å². The minimum absolute atomic E-state index is 0.0987. The number of anilines is 2. The van der Waals surface area contributed by atoms with Crippen LogP contribution in [-0.2, 0) is 14.3 Å². The monoisotopic (exact) mass is 510 g/mol. The molecule has 32 heavy (non-hydrogen) atoms. The summed E-state index contributed by atoms with van der Waals surface area (Å²) in [6.45, 7) is 3.86. The number of amides is 2. The van der Waals surface area contributed by atoms with E-state index in [1.165, 1.54) is 12.1 Å². The number of para-hydroxylation sites is 1. The summed E-state index contributed by atoms with van der Waals surface area (Å²) < 4.78 is 18.4. The van der Waals surface area contributed by atoms with Gasteiger partial charge in [-0.05, 0) is 37.6 Å². The van der Waals surface area contributed by atoms with E-state index in [2.05, 4.69) is 26.6 Å². The standard InChI is InChI=1S/C11H12BrNO3.C11H12FNO3/c1-2-16-11(15)8-5-3-4-6-9(8)13-10(14)7-12;1-2-4-9(14)13-8-6-3-5-7(10(8)12)11(15)16/h3-6H,2,7H2,1H3,(H,13,14);3,5-6H,2,4H2,1H3,(H,13,14)(H,15,16). The van der Waals surface area contributed by atoms with Gasteiger partial charge in [0, 0.05) is 6.42 Å². The lowest BCUT2D eigenvalue weighted by Crippen LogP contribution is -2.16. The molecule has 0 atom stereocenters. The summed E-state index contributed by atoms with van der Waals surface area (Å²) in [7, 11) is 0. The Balaban J connectivity index is 0.000000320. The summed E-state index contributed by atoms with van der Waals surface area (Å²) in [6.07, 6.45) is 0.919. The van der Waals surface area contributed by atoms with Crippen LogP contribution in [0.15, 0.2) is 42.5 Å². The first-order valence-electron chi connectivity index (χ1n) is 9.68. The van der Waals surface area contributed by atoms with Crippen LogP contribution in [0.2, 0.25) is 0 Å². The number of benzene rings is 2. The van der Waals surface area contributed by atoms with E-state index in [0.29, 0.717) is 24.3 Å². The Bertz CT molecular complexity index is 967. The molecule has 0 heterocycles. The number of ether oxygens (including phenoxy) is 1. The van der Waals surface area contributed by atoms with Crippen LogP contribution in [0.4, 0.5) is 15.8 Å². The minimum Gasteiger partial charge on any atom is -0.478 e. The SMILES string of the molecule is CCCC(=O)Nc1cccc(C(=O)O)c1F.CCOC(=O)c1ccccc1NC(=O)CBr. The van der Waals surface area contributed by atoms with Crippen molar-refractivity contribution in [2.24, 2.45) is 0 Å². The van der Waals surface area contributed by atoms with Crippen LogP contribution in [0.1, 0.15) is 47.4 Å². The van der Waals surface area contributed by atoms with E-state index in [4.69, 9.17) is 9.84 Å². The van der Waals surface area contributed by atoms with Gasteiger partial charge in [0.05, 0.1) is 34.4 Å². The number of aromatic carboxylic acids is 1. The molecule has 0 bridgehead atoms. The van der Waals surface area contributed by atoms with Gasteiger partial charge in [0.1, 0.15) is 0 Å². The van der Waals surface area contributed by atoms with Crippen molar-refractivity contribution < 1.29 is 33.4 Å². The summed E-state index contributed by atoms with van der Waals surface area (Å²) in [5.74, 6) is -3.25. The Morgan fingerprint density at radius 2 is 1.53 bits per heavy atom. The molecule has 0 unspecified atom stereocenters. The number of carbonyl (C=O) groups is 4. The lowest BCUT2D eigenvalue weighted by molar-refractivity contribution is -0.116. The van der Waals surface area contributed by atoms with E-state index in [1.54, 1.807) is 31.2 Å². The topological polar surface area (TPSA) is 122 Å². The molecule has 10 heteroatoms. The molecule has 0 aliphatic rings. The third-order valence-electron chi connectivity index (χ3n) is 3.80. The van der Waals surface area contributed by atoms with Crippen LogP contribution in [-0.4, -0.2) is 40.8 Å². The van der Waals surface area contributed by atoms with Crippen molar-refractivity contribution in [1.82, 2.24) is 0 Å². The molecule has 0 saturated heterocycles. The molecule has 0 fully saturated rings. The summed E-state index contributed by atoms with van der Waals surface area (Å²) in [4.78, 5) is 44.6. The summed E-state index contributed by atoms with van der Waals surface area (Å²) >= 11 is 3.04. The molecule has 2 aromatic carbocycles. The number of alkyl halides is 1. The molecule has 0 aliphatic carbocycles. The van der Waals surface area contributed by atoms with E-state index in [1.807, 2.05) is 6.92 Å². The number of rotatable bonds is 8. The van der Waals surface area contributed by atoms with Crippen LogP contribution < -0.4 is 10.6 Å². The number of carboxylic acids is 1. The average Bonchev–Trinajstić information content (AvgIpc) is 2.76. The Morgan fingerprint density at radius 1 is 0.938 bits per heavy atom.